The molecule has 0 amide bonds. The van der Waals surface area contributed by atoms with E-state index in [-0.39, 0.29) is 0 Å². The summed E-state index contributed by atoms with van der Waals surface area (Å²) in [4.78, 5) is 4.44. The highest BCUT2D eigenvalue weighted by atomic mass is 35.5. The van der Waals surface area contributed by atoms with Gasteiger partial charge in [0.05, 0.1) is 5.52 Å². The van der Waals surface area contributed by atoms with Gasteiger partial charge < -0.3 is 5.73 Å². The summed E-state index contributed by atoms with van der Waals surface area (Å²) in [6, 6.07) is 8.35. The lowest BCUT2D eigenvalue weighted by Gasteiger charge is -2.06. The minimum Gasteiger partial charge on any atom is -0.330 e. The maximum atomic E-state index is 6.18. The number of nitrogens with two attached hydrogens (primary N) is 1. The number of halogens is 1. The van der Waals surface area contributed by atoms with Crippen LogP contribution in [0.15, 0.2) is 24.3 Å². The molecule has 0 saturated heterocycles. The largest absolute Gasteiger partial charge is 0.330 e. The number of rotatable bonds is 4. The molecule has 1 aromatic carbocycles. The Morgan fingerprint density at radius 2 is 2.18 bits per heavy atom. The van der Waals surface area contributed by atoms with Crippen LogP contribution in [0.1, 0.15) is 11.1 Å². The molecule has 0 aliphatic heterocycles. The molecule has 2 rings (SSSR count). The van der Waals surface area contributed by atoms with Crippen LogP contribution >= 0.6 is 23.4 Å². The van der Waals surface area contributed by atoms with Crippen molar-refractivity contribution in [3.8, 4) is 0 Å². The third-order valence-electron chi connectivity index (χ3n) is 2.52. The lowest BCUT2D eigenvalue weighted by molar-refractivity contribution is 1.15. The average Bonchev–Trinajstić information content (AvgIpc) is 2.30. The third kappa shape index (κ3) is 3.12. The molecule has 2 nitrogen and oxygen atoms in total. The molecule has 0 spiro atoms. The van der Waals surface area contributed by atoms with Crippen molar-refractivity contribution in [3.05, 3.63) is 40.5 Å². The minimum absolute atomic E-state index is 0.604. The van der Waals surface area contributed by atoms with Crippen molar-refractivity contribution in [2.24, 2.45) is 5.73 Å². The first-order chi connectivity index (χ1) is 8.20. The van der Waals surface area contributed by atoms with Crippen molar-refractivity contribution in [1.29, 1.82) is 0 Å². The first-order valence-electron chi connectivity index (χ1n) is 5.54. The number of pyridine rings is 1. The van der Waals surface area contributed by atoms with Crippen LogP contribution in [0.4, 0.5) is 0 Å². The Morgan fingerprint density at radius 1 is 1.35 bits per heavy atom. The highest BCUT2D eigenvalue weighted by Crippen LogP contribution is 2.24. The Bertz CT molecular complexity index is 528. The second kappa shape index (κ2) is 5.71. The van der Waals surface area contributed by atoms with Crippen LogP contribution in [0.5, 0.6) is 0 Å². The van der Waals surface area contributed by atoms with Gasteiger partial charge in [0.1, 0.15) is 5.15 Å². The van der Waals surface area contributed by atoms with Gasteiger partial charge in [0.25, 0.3) is 0 Å². The summed E-state index contributed by atoms with van der Waals surface area (Å²) in [7, 11) is 0. The van der Waals surface area contributed by atoms with Crippen molar-refractivity contribution >= 4 is 34.3 Å². The van der Waals surface area contributed by atoms with Gasteiger partial charge in [-0.25, -0.2) is 4.98 Å². The predicted molar refractivity (Wildman–Crippen MR) is 76.7 cm³/mol. The van der Waals surface area contributed by atoms with Gasteiger partial charge in [-0.05, 0) is 24.6 Å². The summed E-state index contributed by atoms with van der Waals surface area (Å²) >= 11 is 7.96. The zero-order valence-corrected chi connectivity index (χ0v) is 11.3. The van der Waals surface area contributed by atoms with E-state index in [1.54, 1.807) is 11.8 Å². The molecule has 1 heterocycles. The van der Waals surface area contributed by atoms with E-state index >= 15 is 0 Å². The second-order valence-corrected chi connectivity index (χ2v) is 5.44. The molecule has 90 valence electrons. The first-order valence-corrected chi connectivity index (χ1v) is 7.07. The molecule has 17 heavy (non-hydrogen) atoms. The fourth-order valence-electron chi connectivity index (χ4n) is 1.66. The molecule has 0 aliphatic carbocycles. The molecule has 2 N–H and O–H groups in total. The van der Waals surface area contributed by atoms with Crippen LogP contribution in [-0.2, 0) is 5.75 Å². The molecule has 0 radical (unpaired) electrons. The van der Waals surface area contributed by atoms with Crippen molar-refractivity contribution in [2.75, 3.05) is 12.3 Å². The number of thioether (sulfide) groups is 1. The van der Waals surface area contributed by atoms with E-state index in [2.05, 4.69) is 36.2 Å². The van der Waals surface area contributed by atoms with Crippen LogP contribution in [0, 0.1) is 6.92 Å². The second-order valence-electron chi connectivity index (χ2n) is 3.98. The van der Waals surface area contributed by atoms with Crippen molar-refractivity contribution < 1.29 is 0 Å². The molecule has 0 unspecified atom stereocenters. The van der Waals surface area contributed by atoms with E-state index in [9.17, 15) is 0 Å². The van der Waals surface area contributed by atoms with Gasteiger partial charge in [-0.2, -0.15) is 11.8 Å². The van der Waals surface area contributed by atoms with Gasteiger partial charge in [0.2, 0.25) is 0 Å². The van der Waals surface area contributed by atoms with E-state index < -0.39 is 0 Å². The van der Waals surface area contributed by atoms with Crippen LogP contribution in [0.3, 0.4) is 0 Å². The van der Waals surface area contributed by atoms with Gasteiger partial charge in [-0.1, -0.05) is 23.7 Å². The van der Waals surface area contributed by atoms with Crippen LogP contribution in [0.2, 0.25) is 5.15 Å². The molecule has 0 bridgehead atoms. The standard InChI is InChI=1S/C13H15ClN2S/c1-9-2-3-10-7-11(8-17-5-4-15)13(14)16-12(10)6-9/h2-3,6-7H,4-5,8,15H2,1H3. The van der Waals surface area contributed by atoms with Crippen LogP contribution in [-0.4, -0.2) is 17.3 Å². The van der Waals surface area contributed by atoms with Gasteiger partial charge in [0, 0.05) is 29.0 Å². The summed E-state index contributed by atoms with van der Waals surface area (Å²) in [5.41, 5.74) is 8.71. The summed E-state index contributed by atoms with van der Waals surface area (Å²) in [5, 5.41) is 1.75. The molecule has 0 fully saturated rings. The summed E-state index contributed by atoms with van der Waals surface area (Å²) in [5.74, 6) is 1.81. The number of aromatic nitrogens is 1. The zero-order chi connectivity index (χ0) is 12.3. The zero-order valence-electron chi connectivity index (χ0n) is 9.74. The number of hydrogen-bond donors (Lipinski definition) is 1. The Labute approximate surface area is 111 Å². The topological polar surface area (TPSA) is 38.9 Å². The Balaban J connectivity index is 2.31. The predicted octanol–water partition coefficient (Wildman–Crippen LogP) is 3.39. The Hall–Kier alpha value is -0.770. The molecule has 4 heteroatoms. The summed E-state index contributed by atoms with van der Waals surface area (Å²) in [6.45, 7) is 2.75. The molecule has 0 aliphatic rings. The normalized spacial score (nSPS) is 11.0. The lowest BCUT2D eigenvalue weighted by atomic mass is 10.1. The SMILES string of the molecule is Cc1ccc2cc(CSCCN)c(Cl)nc2c1. The van der Waals surface area contributed by atoms with E-state index in [1.807, 2.05) is 0 Å². The van der Waals surface area contributed by atoms with E-state index in [0.717, 1.165) is 28.0 Å². The quantitative estimate of drug-likeness (QED) is 0.681. The van der Waals surface area contributed by atoms with Crippen LogP contribution < -0.4 is 5.73 Å². The number of hydrogen-bond acceptors (Lipinski definition) is 3. The van der Waals surface area contributed by atoms with Crippen LogP contribution in [0.25, 0.3) is 10.9 Å². The fourth-order valence-corrected chi connectivity index (χ4v) is 2.71. The monoisotopic (exact) mass is 266 g/mol. The van der Waals surface area contributed by atoms with Gasteiger partial charge in [-0.3, -0.25) is 0 Å². The first kappa shape index (κ1) is 12.7. The summed E-state index contributed by atoms with van der Waals surface area (Å²) < 4.78 is 0. The number of aryl methyl sites for hydroxylation is 1. The van der Waals surface area contributed by atoms with Gasteiger partial charge >= 0.3 is 0 Å². The molecular weight excluding hydrogens is 252 g/mol. The molecule has 2 aromatic rings. The van der Waals surface area contributed by atoms with E-state index in [1.165, 1.54) is 5.56 Å². The minimum atomic E-state index is 0.604. The maximum absolute atomic E-state index is 6.18. The summed E-state index contributed by atoms with van der Waals surface area (Å²) in [6.07, 6.45) is 0. The number of fused-ring (bicyclic) bond motifs is 1. The maximum Gasteiger partial charge on any atom is 0.133 e. The highest BCUT2D eigenvalue weighted by Gasteiger charge is 2.05. The molecule has 1 aromatic heterocycles. The smallest absolute Gasteiger partial charge is 0.133 e. The molecule has 0 atom stereocenters. The van der Waals surface area contributed by atoms with Gasteiger partial charge in [-0.15, -0.1) is 0 Å². The number of benzene rings is 1. The van der Waals surface area contributed by atoms with Crippen molar-refractivity contribution in [1.82, 2.24) is 4.98 Å². The average molecular weight is 267 g/mol. The number of nitrogens with zero attached hydrogens (tertiary/aromatic N) is 1. The van der Waals surface area contributed by atoms with E-state index in [0.29, 0.717) is 11.7 Å². The van der Waals surface area contributed by atoms with Crippen molar-refractivity contribution in [2.45, 2.75) is 12.7 Å². The lowest BCUT2D eigenvalue weighted by Crippen LogP contribution is -2.01. The fraction of sp³-hybridized carbons (Fsp3) is 0.308. The Kier molecular flexibility index (Phi) is 4.26. The van der Waals surface area contributed by atoms with Crippen molar-refractivity contribution in [3.63, 3.8) is 0 Å². The van der Waals surface area contributed by atoms with E-state index in [4.69, 9.17) is 17.3 Å². The molecular formula is C13H15ClN2S. The highest BCUT2D eigenvalue weighted by molar-refractivity contribution is 7.98. The Morgan fingerprint density at radius 3 is 2.94 bits per heavy atom. The van der Waals surface area contributed by atoms with Gasteiger partial charge in [0.15, 0.2) is 0 Å². The third-order valence-corrected chi connectivity index (χ3v) is 3.89. The molecule has 0 saturated carbocycles.